The van der Waals surface area contributed by atoms with Crippen LogP contribution in [0.25, 0.3) is 11.0 Å². The van der Waals surface area contributed by atoms with E-state index in [9.17, 15) is 14.7 Å². The van der Waals surface area contributed by atoms with E-state index < -0.39 is 14.0 Å². The van der Waals surface area contributed by atoms with Crippen molar-refractivity contribution < 1.29 is 19.1 Å². The number of carboxylic acid groups (broad SMARTS) is 1. The third-order valence-corrected chi connectivity index (χ3v) is 4.90. The normalized spacial score (nSPS) is 11.7. The lowest BCUT2D eigenvalue weighted by atomic mass is 10.1. The zero-order valence-electron chi connectivity index (χ0n) is 12.2. The van der Waals surface area contributed by atoms with Crippen molar-refractivity contribution in [3.05, 3.63) is 22.7 Å². The van der Waals surface area contributed by atoms with Crippen LogP contribution in [0.4, 0.5) is 5.69 Å². The molecule has 0 radical (unpaired) electrons. The second kappa shape index (κ2) is 5.20. The maximum absolute atomic E-state index is 11.5. The van der Waals surface area contributed by atoms with E-state index in [2.05, 4.69) is 25.0 Å². The first-order valence-electron chi connectivity index (χ1n) is 6.38. The van der Waals surface area contributed by atoms with E-state index in [1.54, 1.807) is 6.07 Å². The maximum atomic E-state index is 11.5. The molecule has 7 heteroatoms. The predicted molar refractivity (Wildman–Crippen MR) is 85.5 cm³/mol. The minimum Gasteiger partial charge on any atom is -0.478 e. The van der Waals surface area contributed by atoms with E-state index in [0.717, 1.165) is 0 Å². The number of benzene rings is 1. The van der Waals surface area contributed by atoms with Crippen molar-refractivity contribution >= 4 is 53.6 Å². The van der Waals surface area contributed by atoms with Crippen LogP contribution in [-0.2, 0) is 4.79 Å². The molecule has 21 heavy (non-hydrogen) atoms. The quantitative estimate of drug-likeness (QED) is 0.849. The third-order valence-electron chi connectivity index (χ3n) is 2.97. The van der Waals surface area contributed by atoms with Crippen molar-refractivity contribution in [3.8, 4) is 0 Å². The molecule has 2 rings (SSSR count). The van der Waals surface area contributed by atoms with Gasteiger partial charge in [0.1, 0.15) is 24.6 Å². The zero-order valence-corrected chi connectivity index (χ0v) is 14.0. The van der Waals surface area contributed by atoms with Crippen molar-refractivity contribution in [2.24, 2.45) is 0 Å². The van der Waals surface area contributed by atoms with Gasteiger partial charge in [0.05, 0.1) is 5.69 Å². The fraction of sp³-hybridized carbons (Fsp3) is 0.286. The first-order valence-corrected chi connectivity index (χ1v) is 10.3. The topological polar surface area (TPSA) is 79.5 Å². The number of hydrogen-bond acceptors (Lipinski definition) is 3. The van der Waals surface area contributed by atoms with Crippen molar-refractivity contribution in [2.75, 3.05) is 5.32 Å². The third kappa shape index (κ3) is 2.96. The number of amides is 1. The van der Waals surface area contributed by atoms with Gasteiger partial charge in [0, 0.05) is 17.3 Å². The summed E-state index contributed by atoms with van der Waals surface area (Å²) in [5.74, 6) is -1.36. The number of carbonyl (C=O) groups excluding carboxylic acids is 1. The molecule has 0 aliphatic carbocycles. The summed E-state index contributed by atoms with van der Waals surface area (Å²) in [6.07, 6.45) is 0. The molecule has 0 spiro atoms. The highest BCUT2D eigenvalue weighted by Gasteiger charge is 2.29. The lowest BCUT2D eigenvalue weighted by Gasteiger charge is -2.14. The Bertz CT molecular complexity index is 745. The molecule has 1 heterocycles. The Balaban J connectivity index is 2.88. The molecule has 0 bridgehead atoms. The van der Waals surface area contributed by atoms with Crippen molar-refractivity contribution in [2.45, 2.75) is 26.6 Å². The van der Waals surface area contributed by atoms with Gasteiger partial charge in [-0.1, -0.05) is 31.2 Å². The minimum absolute atomic E-state index is 0.00592. The average molecular weight is 326 g/mol. The zero-order chi connectivity index (χ0) is 15.9. The average Bonchev–Trinajstić information content (AvgIpc) is 2.66. The highest BCUT2D eigenvalue weighted by atomic mass is 35.5. The summed E-state index contributed by atoms with van der Waals surface area (Å²) in [6, 6.07) is 2.96. The Morgan fingerprint density at radius 1 is 1.29 bits per heavy atom. The number of carboxylic acids is 1. The number of anilines is 1. The number of fused-ring (bicyclic) bond motifs is 1. The number of furan rings is 1. The number of nitrogens with one attached hydrogen (secondary N) is 1. The number of carbonyl (C=O) groups is 2. The molecule has 0 aliphatic rings. The number of halogens is 1. The van der Waals surface area contributed by atoms with Crippen LogP contribution in [0.2, 0.25) is 24.7 Å². The maximum Gasteiger partial charge on any atom is 0.339 e. The number of hydrogen-bond donors (Lipinski definition) is 2. The smallest absolute Gasteiger partial charge is 0.339 e. The number of rotatable bonds is 3. The van der Waals surface area contributed by atoms with Crippen molar-refractivity contribution in [3.63, 3.8) is 0 Å². The molecular weight excluding hydrogens is 310 g/mol. The molecule has 2 aromatic rings. The molecule has 0 saturated heterocycles. The van der Waals surface area contributed by atoms with Crippen LogP contribution in [0.5, 0.6) is 0 Å². The largest absolute Gasteiger partial charge is 0.478 e. The first-order chi connectivity index (χ1) is 9.61. The Morgan fingerprint density at radius 2 is 1.90 bits per heavy atom. The standard InChI is InChI=1S/C14H16ClNO4Si/c1-7(17)16-11-9-5-8(15)6-10(13(18)19)12(9)20-14(11)21(2,3)4/h5-6H,1-4H3,(H,16,17)(H,18,19). The van der Waals surface area contributed by atoms with Gasteiger partial charge in [-0.2, -0.15) is 0 Å². The van der Waals surface area contributed by atoms with Crippen LogP contribution in [0.15, 0.2) is 16.5 Å². The molecule has 2 N–H and O–H groups in total. The molecule has 1 aromatic carbocycles. The van der Waals surface area contributed by atoms with E-state index in [4.69, 9.17) is 16.0 Å². The lowest BCUT2D eigenvalue weighted by Crippen LogP contribution is -2.38. The lowest BCUT2D eigenvalue weighted by molar-refractivity contribution is -0.114. The molecule has 1 aromatic heterocycles. The second-order valence-corrected chi connectivity index (χ2v) is 11.3. The molecule has 0 fully saturated rings. The SMILES string of the molecule is CC(=O)Nc1c([Si](C)(C)C)oc2c(C(=O)O)cc(Cl)cc12. The molecule has 0 aliphatic heterocycles. The summed E-state index contributed by atoms with van der Waals surface area (Å²) in [5.41, 5.74) is 0.767. The summed E-state index contributed by atoms with van der Waals surface area (Å²) in [7, 11) is -1.92. The number of aromatic carboxylic acids is 1. The highest BCUT2D eigenvalue weighted by Crippen LogP contribution is 2.32. The van der Waals surface area contributed by atoms with Crippen LogP contribution < -0.4 is 10.7 Å². The van der Waals surface area contributed by atoms with E-state index in [1.807, 2.05) is 0 Å². The van der Waals surface area contributed by atoms with Gasteiger partial charge < -0.3 is 14.8 Å². The van der Waals surface area contributed by atoms with Gasteiger partial charge >= 0.3 is 5.97 Å². The fourth-order valence-corrected chi connectivity index (χ4v) is 3.73. The van der Waals surface area contributed by atoms with Gasteiger partial charge in [0.25, 0.3) is 0 Å². The van der Waals surface area contributed by atoms with Gasteiger partial charge in [0.15, 0.2) is 0 Å². The van der Waals surface area contributed by atoms with Crippen LogP contribution in [0.1, 0.15) is 17.3 Å². The molecule has 0 saturated carbocycles. The molecule has 0 atom stereocenters. The van der Waals surface area contributed by atoms with E-state index in [1.165, 1.54) is 13.0 Å². The van der Waals surface area contributed by atoms with E-state index in [0.29, 0.717) is 16.5 Å². The van der Waals surface area contributed by atoms with Gasteiger partial charge in [-0.3, -0.25) is 4.79 Å². The fourth-order valence-electron chi connectivity index (χ4n) is 2.15. The Labute approximate surface area is 127 Å². The Kier molecular flexibility index (Phi) is 3.86. The highest BCUT2D eigenvalue weighted by molar-refractivity contribution is 6.89. The van der Waals surface area contributed by atoms with E-state index in [-0.39, 0.29) is 22.1 Å². The van der Waals surface area contributed by atoms with Crippen LogP contribution in [0, 0.1) is 0 Å². The molecule has 5 nitrogen and oxygen atoms in total. The van der Waals surface area contributed by atoms with Crippen LogP contribution in [-0.4, -0.2) is 25.1 Å². The monoisotopic (exact) mass is 325 g/mol. The molecule has 112 valence electrons. The van der Waals surface area contributed by atoms with Gasteiger partial charge in [-0.15, -0.1) is 0 Å². The first kappa shape index (κ1) is 15.6. The van der Waals surface area contributed by atoms with Gasteiger partial charge in [-0.05, 0) is 12.1 Å². The Hall–Kier alpha value is -1.79. The summed E-state index contributed by atoms with van der Waals surface area (Å²) in [4.78, 5) is 22.8. The minimum atomic E-state index is -1.92. The molecular formula is C14H16ClNO4Si. The molecule has 1 amide bonds. The summed E-state index contributed by atoms with van der Waals surface area (Å²) in [6.45, 7) is 7.56. The summed E-state index contributed by atoms with van der Waals surface area (Å²) in [5, 5.41) is 13.5. The second-order valence-electron chi connectivity index (χ2n) is 5.87. The Morgan fingerprint density at radius 3 is 2.38 bits per heavy atom. The van der Waals surface area contributed by atoms with Crippen molar-refractivity contribution in [1.29, 1.82) is 0 Å². The summed E-state index contributed by atoms with van der Waals surface area (Å²) >= 11 is 5.99. The van der Waals surface area contributed by atoms with Gasteiger partial charge in [0.2, 0.25) is 5.91 Å². The van der Waals surface area contributed by atoms with Gasteiger partial charge in [-0.25, -0.2) is 4.79 Å². The predicted octanol–water partition coefficient (Wildman–Crippen LogP) is 3.29. The van der Waals surface area contributed by atoms with Crippen molar-refractivity contribution in [1.82, 2.24) is 0 Å². The molecule has 0 unspecified atom stereocenters. The van der Waals surface area contributed by atoms with Crippen LogP contribution >= 0.6 is 11.6 Å². The summed E-state index contributed by atoms with van der Waals surface area (Å²) < 4.78 is 5.82. The van der Waals surface area contributed by atoms with E-state index >= 15 is 0 Å². The van der Waals surface area contributed by atoms with Crippen LogP contribution in [0.3, 0.4) is 0 Å².